The Labute approximate surface area is 129 Å². The average Bonchev–Trinajstić information content (AvgIpc) is 2.87. The lowest BCUT2D eigenvalue weighted by atomic mass is 10.2. The molecule has 0 aliphatic carbocycles. The van der Waals surface area contributed by atoms with Crippen LogP contribution >= 0.6 is 11.6 Å². The zero-order valence-electron chi connectivity index (χ0n) is 12.1. The van der Waals surface area contributed by atoms with E-state index in [0.717, 1.165) is 29.2 Å². The van der Waals surface area contributed by atoms with Gasteiger partial charge >= 0.3 is 0 Å². The molecule has 3 aromatic rings. The Bertz CT molecular complexity index is 762. The monoisotopic (exact) mass is 300 g/mol. The van der Waals surface area contributed by atoms with Gasteiger partial charge in [0.05, 0.1) is 24.0 Å². The largest absolute Gasteiger partial charge is 0.497 e. The zero-order valence-corrected chi connectivity index (χ0v) is 12.9. The third-order valence-electron chi connectivity index (χ3n) is 3.68. The fraction of sp³-hybridized carbons (Fsp3) is 0.235. The van der Waals surface area contributed by atoms with Crippen LogP contribution in [0, 0.1) is 6.92 Å². The van der Waals surface area contributed by atoms with Gasteiger partial charge in [-0.05, 0) is 36.2 Å². The third kappa shape index (κ3) is 2.61. The van der Waals surface area contributed by atoms with E-state index in [-0.39, 0.29) is 0 Å². The number of aryl methyl sites for hydroxylation is 1. The topological polar surface area (TPSA) is 27.1 Å². The predicted octanol–water partition coefficient (Wildman–Crippen LogP) is 4.14. The van der Waals surface area contributed by atoms with Crippen LogP contribution < -0.4 is 4.74 Å². The van der Waals surface area contributed by atoms with Crippen molar-refractivity contribution in [2.45, 2.75) is 19.3 Å². The summed E-state index contributed by atoms with van der Waals surface area (Å²) in [6.45, 7) is 2.83. The number of rotatable bonds is 4. The Morgan fingerprint density at radius 3 is 2.57 bits per heavy atom. The van der Waals surface area contributed by atoms with Crippen LogP contribution in [0.3, 0.4) is 0 Å². The quantitative estimate of drug-likeness (QED) is 0.677. The summed E-state index contributed by atoms with van der Waals surface area (Å²) in [6.07, 6.45) is 0. The lowest BCUT2D eigenvalue weighted by molar-refractivity contribution is 0.414. The summed E-state index contributed by atoms with van der Waals surface area (Å²) in [4.78, 5) is 4.67. The Hall–Kier alpha value is -2.00. The minimum Gasteiger partial charge on any atom is -0.497 e. The van der Waals surface area contributed by atoms with E-state index in [1.807, 2.05) is 12.1 Å². The number of halogens is 1. The molecule has 3 nitrogen and oxygen atoms in total. The number of fused-ring (bicyclic) bond motifs is 1. The number of alkyl halides is 1. The summed E-state index contributed by atoms with van der Waals surface area (Å²) in [5.74, 6) is 2.17. The van der Waals surface area contributed by atoms with E-state index in [0.29, 0.717) is 5.88 Å². The van der Waals surface area contributed by atoms with Crippen LogP contribution in [0.4, 0.5) is 0 Å². The first-order chi connectivity index (χ1) is 10.2. The van der Waals surface area contributed by atoms with Crippen LogP contribution in [0.15, 0.2) is 42.5 Å². The van der Waals surface area contributed by atoms with Gasteiger partial charge in [-0.15, -0.1) is 11.6 Å². The summed E-state index contributed by atoms with van der Waals surface area (Å²) in [5.41, 5.74) is 4.53. The fourth-order valence-electron chi connectivity index (χ4n) is 2.53. The van der Waals surface area contributed by atoms with E-state index in [2.05, 4.69) is 46.8 Å². The molecule has 0 atom stereocenters. The Balaban J connectivity index is 2.04. The second kappa shape index (κ2) is 5.78. The molecule has 1 heterocycles. The zero-order chi connectivity index (χ0) is 14.8. The molecule has 0 unspecified atom stereocenters. The first-order valence-electron chi connectivity index (χ1n) is 6.86. The van der Waals surface area contributed by atoms with Crippen molar-refractivity contribution < 1.29 is 4.74 Å². The molecule has 1 aromatic heterocycles. The van der Waals surface area contributed by atoms with Gasteiger partial charge in [-0.25, -0.2) is 4.98 Å². The molecule has 0 spiro atoms. The molecule has 0 N–H and O–H groups in total. The van der Waals surface area contributed by atoms with E-state index in [9.17, 15) is 0 Å². The lowest BCUT2D eigenvalue weighted by Crippen LogP contribution is -2.03. The van der Waals surface area contributed by atoms with E-state index in [4.69, 9.17) is 16.3 Å². The molecule has 0 saturated carbocycles. The standard InChI is InChI=1S/C17H17ClN2O/c1-12-4-3-5-15-17(12)19-16(10-18)20(15)11-13-6-8-14(21-2)9-7-13/h3-9H,10-11H2,1-2H3. The smallest absolute Gasteiger partial charge is 0.125 e. The number of aromatic nitrogens is 2. The molecule has 0 fully saturated rings. The highest BCUT2D eigenvalue weighted by atomic mass is 35.5. The molecule has 0 amide bonds. The first-order valence-corrected chi connectivity index (χ1v) is 7.40. The number of imidazole rings is 1. The van der Waals surface area contributed by atoms with Crippen LogP contribution in [-0.2, 0) is 12.4 Å². The molecule has 21 heavy (non-hydrogen) atoms. The van der Waals surface area contributed by atoms with Crippen LogP contribution in [0.2, 0.25) is 0 Å². The molecule has 0 radical (unpaired) electrons. The highest BCUT2D eigenvalue weighted by Gasteiger charge is 2.11. The molecule has 0 saturated heterocycles. The van der Waals surface area contributed by atoms with Gasteiger partial charge in [0.15, 0.2) is 0 Å². The number of hydrogen-bond donors (Lipinski definition) is 0. The fourth-order valence-corrected chi connectivity index (χ4v) is 2.73. The Morgan fingerprint density at radius 2 is 1.90 bits per heavy atom. The van der Waals surface area contributed by atoms with Gasteiger partial charge in [-0.1, -0.05) is 24.3 Å². The second-order valence-corrected chi connectivity index (χ2v) is 5.31. The molecule has 0 aliphatic rings. The van der Waals surface area contributed by atoms with Gasteiger partial charge in [-0.3, -0.25) is 0 Å². The van der Waals surface area contributed by atoms with Gasteiger partial charge in [0.1, 0.15) is 11.6 Å². The Morgan fingerprint density at radius 1 is 1.14 bits per heavy atom. The third-order valence-corrected chi connectivity index (χ3v) is 3.92. The summed E-state index contributed by atoms with van der Waals surface area (Å²) in [5, 5.41) is 0. The molecule has 0 aliphatic heterocycles. The number of benzene rings is 2. The van der Waals surface area contributed by atoms with E-state index < -0.39 is 0 Å². The maximum absolute atomic E-state index is 6.07. The summed E-state index contributed by atoms with van der Waals surface area (Å²) in [6, 6.07) is 14.3. The van der Waals surface area contributed by atoms with Crippen molar-refractivity contribution in [2.75, 3.05) is 7.11 Å². The van der Waals surface area contributed by atoms with Gasteiger partial charge in [0.25, 0.3) is 0 Å². The van der Waals surface area contributed by atoms with E-state index in [1.165, 1.54) is 11.1 Å². The summed E-state index contributed by atoms with van der Waals surface area (Å²) < 4.78 is 7.37. The van der Waals surface area contributed by atoms with Crippen LogP contribution in [0.5, 0.6) is 5.75 Å². The minimum absolute atomic E-state index is 0.407. The van der Waals surface area contributed by atoms with Crippen molar-refractivity contribution in [3.63, 3.8) is 0 Å². The van der Waals surface area contributed by atoms with Crippen molar-refractivity contribution in [2.24, 2.45) is 0 Å². The SMILES string of the molecule is COc1ccc(Cn2c(CCl)nc3c(C)cccc32)cc1. The number of ether oxygens (including phenoxy) is 1. The number of methoxy groups -OCH3 is 1. The summed E-state index contributed by atoms with van der Waals surface area (Å²) in [7, 11) is 1.67. The molecule has 0 bridgehead atoms. The highest BCUT2D eigenvalue weighted by Crippen LogP contribution is 2.22. The lowest BCUT2D eigenvalue weighted by Gasteiger charge is -2.09. The minimum atomic E-state index is 0.407. The van der Waals surface area contributed by atoms with E-state index >= 15 is 0 Å². The first kappa shape index (κ1) is 14.0. The molecular formula is C17H17ClN2O. The van der Waals surface area contributed by atoms with Crippen molar-refractivity contribution >= 4 is 22.6 Å². The van der Waals surface area contributed by atoms with Crippen molar-refractivity contribution in [1.82, 2.24) is 9.55 Å². The van der Waals surface area contributed by atoms with Crippen molar-refractivity contribution in [3.8, 4) is 5.75 Å². The van der Waals surface area contributed by atoms with Crippen molar-refractivity contribution in [3.05, 3.63) is 59.4 Å². The number of hydrogen-bond acceptors (Lipinski definition) is 2. The molecular weight excluding hydrogens is 284 g/mol. The maximum Gasteiger partial charge on any atom is 0.125 e. The maximum atomic E-state index is 6.07. The second-order valence-electron chi connectivity index (χ2n) is 5.04. The highest BCUT2D eigenvalue weighted by molar-refractivity contribution is 6.16. The molecule has 2 aromatic carbocycles. The summed E-state index contributed by atoms with van der Waals surface area (Å²) >= 11 is 6.07. The van der Waals surface area contributed by atoms with Gasteiger partial charge in [-0.2, -0.15) is 0 Å². The average molecular weight is 301 g/mol. The molecule has 4 heteroatoms. The molecule has 108 valence electrons. The van der Waals surface area contributed by atoms with Crippen LogP contribution in [-0.4, -0.2) is 16.7 Å². The van der Waals surface area contributed by atoms with Crippen LogP contribution in [0.25, 0.3) is 11.0 Å². The van der Waals surface area contributed by atoms with Gasteiger partial charge in [0.2, 0.25) is 0 Å². The number of nitrogens with zero attached hydrogens (tertiary/aromatic N) is 2. The number of para-hydroxylation sites is 1. The molecule has 3 rings (SSSR count). The van der Waals surface area contributed by atoms with Crippen LogP contribution in [0.1, 0.15) is 17.0 Å². The normalized spacial score (nSPS) is 11.0. The van der Waals surface area contributed by atoms with Crippen molar-refractivity contribution in [1.29, 1.82) is 0 Å². The predicted molar refractivity (Wildman–Crippen MR) is 86.1 cm³/mol. The van der Waals surface area contributed by atoms with Gasteiger partial charge < -0.3 is 9.30 Å². The van der Waals surface area contributed by atoms with Gasteiger partial charge in [0, 0.05) is 6.54 Å². The Kier molecular flexibility index (Phi) is 3.84. The van der Waals surface area contributed by atoms with E-state index in [1.54, 1.807) is 7.11 Å².